The van der Waals surface area contributed by atoms with Gasteiger partial charge in [-0.25, -0.2) is 4.68 Å². The summed E-state index contributed by atoms with van der Waals surface area (Å²) in [5.41, 5.74) is 3.05. The molecule has 3 heterocycles. The third kappa shape index (κ3) is 2.85. The van der Waals surface area contributed by atoms with Crippen molar-refractivity contribution in [2.24, 2.45) is 14.1 Å². The van der Waals surface area contributed by atoms with Gasteiger partial charge in [0, 0.05) is 33.7 Å². The summed E-state index contributed by atoms with van der Waals surface area (Å²) in [5, 5.41) is 22.5. The van der Waals surface area contributed by atoms with E-state index in [0.717, 1.165) is 23.1 Å². The van der Waals surface area contributed by atoms with Crippen LogP contribution in [0.25, 0.3) is 11.0 Å². The molecule has 2 aromatic heterocycles. The number of aryl methyl sites for hydroxylation is 2. The standard InChI is InChI=1S/C16H20N6O2/c1-20-8-12(6-17-20)24-16-10-22(9-15(16)23)7-11-3-4-14-13(5-11)18-19-21(14)2/h3-6,8,15-16,23H,7,9-10H2,1-2H3/t15-,16-/m1/s1. The van der Waals surface area contributed by atoms with Gasteiger partial charge in [-0.1, -0.05) is 11.3 Å². The molecular weight excluding hydrogens is 308 g/mol. The van der Waals surface area contributed by atoms with Gasteiger partial charge in [-0.05, 0) is 17.7 Å². The Kier molecular flexibility index (Phi) is 3.70. The van der Waals surface area contributed by atoms with E-state index in [2.05, 4.69) is 26.4 Å². The number of aliphatic hydroxyl groups excluding tert-OH is 1. The van der Waals surface area contributed by atoms with E-state index in [1.54, 1.807) is 21.8 Å². The molecule has 0 unspecified atom stereocenters. The normalized spacial score (nSPS) is 21.6. The summed E-state index contributed by atoms with van der Waals surface area (Å²) >= 11 is 0. The Morgan fingerprint density at radius 1 is 1.29 bits per heavy atom. The molecule has 1 aliphatic rings. The van der Waals surface area contributed by atoms with Crippen molar-refractivity contribution in [1.29, 1.82) is 0 Å². The number of hydrogen-bond acceptors (Lipinski definition) is 6. The Bertz CT molecular complexity index is 857. The van der Waals surface area contributed by atoms with Crippen molar-refractivity contribution < 1.29 is 9.84 Å². The molecule has 0 saturated carbocycles. The van der Waals surface area contributed by atoms with Crippen molar-refractivity contribution in [3.8, 4) is 5.75 Å². The van der Waals surface area contributed by atoms with E-state index in [9.17, 15) is 5.11 Å². The molecule has 126 valence electrons. The molecule has 1 N–H and O–H groups in total. The quantitative estimate of drug-likeness (QED) is 0.743. The topological polar surface area (TPSA) is 81.2 Å². The van der Waals surface area contributed by atoms with E-state index in [0.29, 0.717) is 18.8 Å². The van der Waals surface area contributed by atoms with Gasteiger partial charge in [0.15, 0.2) is 5.75 Å². The molecular formula is C16H20N6O2. The fraction of sp³-hybridized carbons (Fsp3) is 0.438. The van der Waals surface area contributed by atoms with Gasteiger partial charge in [0.2, 0.25) is 0 Å². The van der Waals surface area contributed by atoms with E-state index in [4.69, 9.17) is 4.74 Å². The minimum absolute atomic E-state index is 0.241. The monoisotopic (exact) mass is 328 g/mol. The smallest absolute Gasteiger partial charge is 0.157 e. The number of fused-ring (bicyclic) bond motifs is 1. The molecule has 24 heavy (non-hydrogen) atoms. The maximum atomic E-state index is 10.3. The Morgan fingerprint density at radius 3 is 2.96 bits per heavy atom. The van der Waals surface area contributed by atoms with Gasteiger partial charge in [-0.3, -0.25) is 9.58 Å². The van der Waals surface area contributed by atoms with Gasteiger partial charge in [0.25, 0.3) is 0 Å². The fourth-order valence-corrected chi connectivity index (χ4v) is 3.15. The molecule has 0 amide bonds. The highest BCUT2D eigenvalue weighted by molar-refractivity contribution is 5.74. The maximum Gasteiger partial charge on any atom is 0.157 e. The van der Waals surface area contributed by atoms with Gasteiger partial charge in [0.05, 0.1) is 17.9 Å². The fourth-order valence-electron chi connectivity index (χ4n) is 3.15. The van der Waals surface area contributed by atoms with Crippen molar-refractivity contribution in [2.45, 2.75) is 18.8 Å². The largest absolute Gasteiger partial charge is 0.483 e. The number of ether oxygens (including phenoxy) is 1. The summed E-state index contributed by atoms with van der Waals surface area (Å²) in [6.45, 7) is 2.01. The van der Waals surface area contributed by atoms with E-state index >= 15 is 0 Å². The van der Waals surface area contributed by atoms with Crippen LogP contribution in [-0.2, 0) is 20.6 Å². The van der Waals surface area contributed by atoms with Crippen LogP contribution in [0, 0.1) is 0 Å². The summed E-state index contributed by atoms with van der Waals surface area (Å²) < 4.78 is 9.29. The molecule has 0 bridgehead atoms. The molecule has 1 fully saturated rings. The van der Waals surface area contributed by atoms with E-state index in [-0.39, 0.29) is 6.10 Å². The molecule has 1 aliphatic heterocycles. The number of aromatic nitrogens is 5. The van der Waals surface area contributed by atoms with Crippen molar-refractivity contribution in [1.82, 2.24) is 29.7 Å². The van der Waals surface area contributed by atoms with Gasteiger partial charge in [0.1, 0.15) is 17.7 Å². The second kappa shape index (κ2) is 5.88. The first-order valence-corrected chi connectivity index (χ1v) is 7.92. The lowest BCUT2D eigenvalue weighted by Crippen LogP contribution is -2.29. The lowest BCUT2D eigenvalue weighted by Gasteiger charge is -2.16. The molecule has 1 saturated heterocycles. The van der Waals surface area contributed by atoms with Crippen LogP contribution in [0.3, 0.4) is 0 Å². The molecule has 0 radical (unpaired) electrons. The predicted molar refractivity (Wildman–Crippen MR) is 87.4 cm³/mol. The van der Waals surface area contributed by atoms with Crippen molar-refractivity contribution in [3.63, 3.8) is 0 Å². The zero-order valence-electron chi connectivity index (χ0n) is 13.7. The van der Waals surface area contributed by atoms with Crippen molar-refractivity contribution in [3.05, 3.63) is 36.2 Å². The highest BCUT2D eigenvalue weighted by atomic mass is 16.5. The third-order valence-electron chi connectivity index (χ3n) is 4.36. The number of aliphatic hydroxyl groups is 1. The average molecular weight is 328 g/mol. The number of hydrogen-bond donors (Lipinski definition) is 1. The Labute approximate surface area is 139 Å². The summed E-state index contributed by atoms with van der Waals surface area (Å²) in [6.07, 6.45) is 2.72. The van der Waals surface area contributed by atoms with Crippen LogP contribution in [0.5, 0.6) is 5.75 Å². The van der Waals surface area contributed by atoms with Crippen LogP contribution >= 0.6 is 0 Å². The number of nitrogens with zero attached hydrogens (tertiary/aromatic N) is 6. The zero-order chi connectivity index (χ0) is 16.7. The summed E-state index contributed by atoms with van der Waals surface area (Å²) in [7, 11) is 3.72. The highest BCUT2D eigenvalue weighted by Crippen LogP contribution is 2.21. The van der Waals surface area contributed by atoms with E-state index in [1.165, 1.54) is 0 Å². The first-order chi connectivity index (χ1) is 11.6. The van der Waals surface area contributed by atoms with Gasteiger partial charge in [-0.15, -0.1) is 5.10 Å². The number of rotatable bonds is 4. The van der Waals surface area contributed by atoms with Gasteiger partial charge in [-0.2, -0.15) is 5.10 Å². The average Bonchev–Trinajstić information content (AvgIpc) is 3.21. The van der Waals surface area contributed by atoms with E-state index in [1.807, 2.05) is 26.2 Å². The van der Waals surface area contributed by atoms with Gasteiger partial charge >= 0.3 is 0 Å². The molecule has 4 rings (SSSR count). The SMILES string of the molecule is Cn1cc(O[C@@H]2CN(Cc3ccc4c(c3)nnn4C)C[C@H]2O)cn1. The Hall–Kier alpha value is -2.45. The van der Waals surface area contributed by atoms with Crippen molar-refractivity contribution in [2.75, 3.05) is 13.1 Å². The molecule has 3 aromatic rings. The van der Waals surface area contributed by atoms with Crippen LogP contribution in [0.1, 0.15) is 5.56 Å². The third-order valence-corrected chi connectivity index (χ3v) is 4.36. The first-order valence-electron chi connectivity index (χ1n) is 7.92. The first kappa shape index (κ1) is 15.1. The van der Waals surface area contributed by atoms with Crippen LogP contribution in [-0.4, -0.2) is 60.1 Å². The van der Waals surface area contributed by atoms with Crippen LogP contribution < -0.4 is 4.74 Å². The molecule has 0 aliphatic carbocycles. The zero-order valence-corrected chi connectivity index (χ0v) is 13.7. The highest BCUT2D eigenvalue weighted by Gasteiger charge is 2.33. The maximum absolute atomic E-state index is 10.3. The number of β-amino-alcohol motifs (C(OH)–C–C–N with tert-alkyl or cyclic N) is 1. The van der Waals surface area contributed by atoms with Crippen LogP contribution in [0.2, 0.25) is 0 Å². The summed E-state index contributed by atoms with van der Waals surface area (Å²) in [6, 6.07) is 6.15. The summed E-state index contributed by atoms with van der Waals surface area (Å²) in [5.74, 6) is 0.685. The minimum Gasteiger partial charge on any atom is -0.483 e. The lowest BCUT2D eigenvalue weighted by atomic mass is 10.2. The van der Waals surface area contributed by atoms with Gasteiger partial charge < -0.3 is 9.84 Å². The van der Waals surface area contributed by atoms with Crippen LogP contribution in [0.4, 0.5) is 0 Å². The van der Waals surface area contributed by atoms with Crippen LogP contribution in [0.15, 0.2) is 30.6 Å². The second-order valence-electron chi connectivity index (χ2n) is 6.30. The predicted octanol–water partition coefficient (Wildman–Crippen LogP) is 0.326. The molecule has 1 aromatic carbocycles. The Morgan fingerprint density at radius 2 is 2.17 bits per heavy atom. The Balaban J connectivity index is 1.43. The van der Waals surface area contributed by atoms with Crippen molar-refractivity contribution >= 4 is 11.0 Å². The molecule has 0 spiro atoms. The lowest BCUT2D eigenvalue weighted by molar-refractivity contribution is 0.0736. The molecule has 8 heteroatoms. The van der Waals surface area contributed by atoms with E-state index < -0.39 is 6.10 Å². The molecule has 8 nitrogen and oxygen atoms in total. The second-order valence-corrected chi connectivity index (χ2v) is 6.30. The minimum atomic E-state index is -0.509. The number of likely N-dealkylation sites (tertiary alicyclic amines) is 1. The number of benzene rings is 1. The molecule has 2 atom stereocenters. The summed E-state index contributed by atoms with van der Waals surface area (Å²) in [4.78, 5) is 2.18.